The number of carbonyl (C=O) groups is 1. The van der Waals surface area contributed by atoms with Crippen molar-refractivity contribution in [3.63, 3.8) is 0 Å². The summed E-state index contributed by atoms with van der Waals surface area (Å²) in [5.74, 6) is -0.896. The van der Waals surface area contributed by atoms with Crippen LogP contribution in [0.25, 0.3) is 0 Å². The Kier molecular flexibility index (Phi) is 7.49. The Morgan fingerprint density at radius 3 is 2.53 bits per heavy atom. The molecule has 32 heavy (non-hydrogen) atoms. The number of benzene rings is 3. The van der Waals surface area contributed by atoms with Crippen LogP contribution >= 0.6 is 0 Å². The molecule has 6 nitrogen and oxygen atoms in total. The number of halogens is 2. The minimum atomic E-state index is -0.807. The van der Waals surface area contributed by atoms with E-state index in [9.17, 15) is 13.6 Å². The van der Waals surface area contributed by atoms with E-state index in [1.807, 2.05) is 6.92 Å². The van der Waals surface area contributed by atoms with Crippen molar-refractivity contribution in [2.45, 2.75) is 13.5 Å². The molecular weight excluding hydrogens is 416 g/mol. The van der Waals surface area contributed by atoms with Crippen molar-refractivity contribution in [1.82, 2.24) is 5.43 Å². The summed E-state index contributed by atoms with van der Waals surface area (Å²) in [6.07, 6.45) is 1.38. The number of nitrogens with zero attached hydrogens (tertiary/aromatic N) is 2. The van der Waals surface area contributed by atoms with Crippen LogP contribution in [-0.2, 0) is 6.61 Å². The summed E-state index contributed by atoms with van der Waals surface area (Å²) in [7, 11) is 0. The number of carbonyl (C=O) groups excluding carboxylic acids is 1. The summed E-state index contributed by atoms with van der Waals surface area (Å²) >= 11 is 0. The SMILES string of the molecule is CCOc1cc(/C=N\NC(=O)c2ccc(C#N)cc2F)ccc1OCc1ccc(F)cc1. The van der Waals surface area contributed by atoms with E-state index in [-0.39, 0.29) is 23.6 Å². The average Bonchev–Trinajstić information content (AvgIpc) is 2.79. The Bertz CT molecular complexity index is 1170. The van der Waals surface area contributed by atoms with Gasteiger partial charge in [0.25, 0.3) is 5.91 Å². The zero-order valence-corrected chi connectivity index (χ0v) is 17.1. The van der Waals surface area contributed by atoms with E-state index in [1.54, 1.807) is 36.4 Å². The number of hydrazone groups is 1. The van der Waals surface area contributed by atoms with Gasteiger partial charge in [0.05, 0.1) is 30.0 Å². The summed E-state index contributed by atoms with van der Waals surface area (Å²) in [5.41, 5.74) is 3.56. The molecule has 0 saturated carbocycles. The summed E-state index contributed by atoms with van der Waals surface area (Å²) in [5, 5.41) is 12.6. The number of rotatable bonds is 8. The van der Waals surface area contributed by atoms with Gasteiger partial charge in [-0.05, 0) is 66.6 Å². The Labute approximate surface area is 183 Å². The summed E-state index contributed by atoms with van der Waals surface area (Å²) in [6, 6.07) is 16.4. The van der Waals surface area contributed by atoms with Crippen LogP contribution in [0.15, 0.2) is 65.8 Å². The van der Waals surface area contributed by atoms with Crippen LogP contribution in [0.5, 0.6) is 11.5 Å². The zero-order valence-electron chi connectivity index (χ0n) is 17.1. The lowest BCUT2D eigenvalue weighted by Crippen LogP contribution is -2.19. The molecule has 1 amide bonds. The van der Waals surface area contributed by atoms with Gasteiger partial charge in [-0.25, -0.2) is 14.2 Å². The predicted octanol–water partition coefficient (Wildman–Crippen LogP) is 4.58. The van der Waals surface area contributed by atoms with Gasteiger partial charge in [0.2, 0.25) is 0 Å². The lowest BCUT2D eigenvalue weighted by Gasteiger charge is -2.12. The molecule has 0 aliphatic carbocycles. The highest BCUT2D eigenvalue weighted by Gasteiger charge is 2.12. The molecule has 0 unspecified atom stereocenters. The second-order valence-electron chi connectivity index (χ2n) is 6.56. The van der Waals surface area contributed by atoms with Crippen LogP contribution in [0.4, 0.5) is 8.78 Å². The van der Waals surface area contributed by atoms with E-state index < -0.39 is 11.7 Å². The molecule has 0 aliphatic heterocycles. The van der Waals surface area contributed by atoms with Gasteiger partial charge in [-0.2, -0.15) is 10.4 Å². The lowest BCUT2D eigenvalue weighted by molar-refractivity contribution is 0.0951. The van der Waals surface area contributed by atoms with E-state index in [0.717, 1.165) is 11.6 Å². The molecule has 162 valence electrons. The molecule has 3 aromatic carbocycles. The molecule has 1 N–H and O–H groups in total. The van der Waals surface area contributed by atoms with Gasteiger partial charge in [-0.3, -0.25) is 4.79 Å². The van der Waals surface area contributed by atoms with E-state index in [4.69, 9.17) is 14.7 Å². The maximum absolute atomic E-state index is 13.9. The molecular formula is C24H19F2N3O3. The van der Waals surface area contributed by atoms with Gasteiger partial charge in [0.15, 0.2) is 11.5 Å². The number of hydrogen-bond donors (Lipinski definition) is 1. The Morgan fingerprint density at radius 2 is 1.84 bits per heavy atom. The second-order valence-corrected chi connectivity index (χ2v) is 6.56. The number of nitriles is 1. The first-order chi connectivity index (χ1) is 15.5. The molecule has 0 aromatic heterocycles. The van der Waals surface area contributed by atoms with Crippen LogP contribution in [0, 0.1) is 23.0 Å². The predicted molar refractivity (Wildman–Crippen MR) is 115 cm³/mol. The van der Waals surface area contributed by atoms with Crippen LogP contribution in [0.3, 0.4) is 0 Å². The number of amides is 1. The van der Waals surface area contributed by atoms with Crippen molar-refractivity contribution < 1.29 is 23.0 Å². The van der Waals surface area contributed by atoms with Crippen molar-refractivity contribution in [2.24, 2.45) is 5.10 Å². The third-order valence-corrected chi connectivity index (χ3v) is 4.30. The highest BCUT2D eigenvalue weighted by Crippen LogP contribution is 2.29. The smallest absolute Gasteiger partial charge is 0.274 e. The molecule has 0 fully saturated rings. The van der Waals surface area contributed by atoms with Crippen molar-refractivity contribution >= 4 is 12.1 Å². The van der Waals surface area contributed by atoms with Crippen LogP contribution < -0.4 is 14.9 Å². The zero-order chi connectivity index (χ0) is 22.9. The molecule has 0 atom stereocenters. The fraction of sp³-hybridized carbons (Fsp3) is 0.125. The topological polar surface area (TPSA) is 83.7 Å². The molecule has 8 heteroatoms. The van der Waals surface area contributed by atoms with Crippen molar-refractivity contribution in [2.75, 3.05) is 6.61 Å². The number of hydrogen-bond acceptors (Lipinski definition) is 5. The van der Waals surface area contributed by atoms with Crippen LogP contribution in [0.2, 0.25) is 0 Å². The first-order valence-corrected chi connectivity index (χ1v) is 9.67. The van der Waals surface area contributed by atoms with Crippen LogP contribution in [0.1, 0.15) is 34.0 Å². The molecule has 0 aliphatic rings. The standard InChI is InChI=1S/C24H19F2N3O3/c1-2-31-23-12-18(6-10-22(23)32-15-16-3-7-19(25)8-4-16)14-28-29-24(30)20-9-5-17(13-27)11-21(20)26/h3-12,14H,2,15H2,1H3,(H,29,30)/b28-14-. The Balaban J connectivity index is 1.66. The highest BCUT2D eigenvalue weighted by atomic mass is 19.1. The maximum atomic E-state index is 13.9. The van der Waals surface area contributed by atoms with Crippen LogP contribution in [-0.4, -0.2) is 18.7 Å². The highest BCUT2D eigenvalue weighted by molar-refractivity contribution is 5.95. The third-order valence-electron chi connectivity index (χ3n) is 4.30. The van der Waals surface area contributed by atoms with Gasteiger partial charge in [-0.15, -0.1) is 0 Å². The molecule has 0 bridgehead atoms. The molecule has 0 saturated heterocycles. The molecule has 0 radical (unpaired) electrons. The van der Waals surface area contributed by atoms with Crippen molar-refractivity contribution in [1.29, 1.82) is 5.26 Å². The average molecular weight is 435 g/mol. The third kappa shape index (κ3) is 5.89. The summed E-state index contributed by atoms with van der Waals surface area (Å²) in [6.45, 7) is 2.47. The quantitative estimate of drug-likeness (QED) is 0.415. The summed E-state index contributed by atoms with van der Waals surface area (Å²) in [4.78, 5) is 12.1. The lowest BCUT2D eigenvalue weighted by atomic mass is 10.1. The van der Waals surface area contributed by atoms with E-state index in [2.05, 4.69) is 10.5 Å². The fourth-order valence-corrected chi connectivity index (χ4v) is 2.73. The Hall–Kier alpha value is -4.25. The van der Waals surface area contributed by atoms with Gasteiger partial charge in [0.1, 0.15) is 18.2 Å². The maximum Gasteiger partial charge on any atom is 0.274 e. The number of ether oxygens (including phenoxy) is 2. The van der Waals surface area contributed by atoms with E-state index in [0.29, 0.717) is 23.7 Å². The van der Waals surface area contributed by atoms with E-state index in [1.165, 1.54) is 30.5 Å². The normalized spacial score (nSPS) is 10.6. The molecule has 0 spiro atoms. The fourth-order valence-electron chi connectivity index (χ4n) is 2.73. The molecule has 3 rings (SSSR count). The first kappa shape index (κ1) is 22.4. The van der Waals surface area contributed by atoms with Gasteiger partial charge in [0, 0.05) is 0 Å². The minimum absolute atomic E-state index is 0.118. The molecule has 0 heterocycles. The minimum Gasteiger partial charge on any atom is -0.490 e. The van der Waals surface area contributed by atoms with Gasteiger partial charge in [-0.1, -0.05) is 12.1 Å². The monoisotopic (exact) mass is 435 g/mol. The Morgan fingerprint density at radius 1 is 1.06 bits per heavy atom. The number of nitrogens with one attached hydrogen (secondary N) is 1. The first-order valence-electron chi connectivity index (χ1n) is 9.67. The molecule has 3 aromatic rings. The second kappa shape index (κ2) is 10.7. The van der Waals surface area contributed by atoms with Gasteiger partial charge < -0.3 is 9.47 Å². The summed E-state index contributed by atoms with van der Waals surface area (Å²) < 4.78 is 38.3. The van der Waals surface area contributed by atoms with Crippen molar-refractivity contribution in [3.8, 4) is 17.6 Å². The van der Waals surface area contributed by atoms with Gasteiger partial charge >= 0.3 is 0 Å². The van der Waals surface area contributed by atoms with Crippen molar-refractivity contribution in [3.05, 3.63) is 94.6 Å². The largest absolute Gasteiger partial charge is 0.490 e. The van der Waals surface area contributed by atoms with E-state index >= 15 is 0 Å².